The number of rotatable bonds is 5. The van der Waals surface area contributed by atoms with Crippen LogP contribution in [0.4, 0.5) is 0 Å². The van der Waals surface area contributed by atoms with Crippen molar-refractivity contribution in [1.82, 2.24) is 19.7 Å². The van der Waals surface area contributed by atoms with Gasteiger partial charge in [0.25, 0.3) is 5.91 Å². The Morgan fingerprint density at radius 2 is 1.82 bits per heavy atom. The molecule has 4 rings (SSSR count). The van der Waals surface area contributed by atoms with Crippen molar-refractivity contribution in [3.63, 3.8) is 0 Å². The summed E-state index contributed by atoms with van der Waals surface area (Å²) in [4.78, 5) is 14.4. The van der Waals surface area contributed by atoms with E-state index < -0.39 is 0 Å². The zero-order valence-electron chi connectivity index (χ0n) is 16.3. The smallest absolute Gasteiger partial charge is 0.253 e. The standard InChI is InChI=1S/C22H24N4OS/c1-16-5-10-20(17(2)13-16)26-15-23-24-22(26)28-14-18-6-8-19(9-7-18)21(27)25-11-3-4-12-25/h5-10,13,15H,3-4,11-12,14H2,1-2H3. The lowest BCUT2D eigenvalue weighted by Gasteiger charge is -2.15. The van der Waals surface area contributed by atoms with Gasteiger partial charge in [-0.2, -0.15) is 0 Å². The maximum atomic E-state index is 12.5. The number of amides is 1. The first-order valence-corrected chi connectivity index (χ1v) is 10.6. The van der Waals surface area contributed by atoms with E-state index in [2.05, 4.69) is 42.2 Å². The van der Waals surface area contributed by atoms with Crippen LogP contribution in [0.1, 0.15) is 39.9 Å². The number of carbonyl (C=O) groups is 1. The van der Waals surface area contributed by atoms with Gasteiger partial charge < -0.3 is 4.90 Å². The molecular formula is C22H24N4OS. The van der Waals surface area contributed by atoms with E-state index in [0.29, 0.717) is 0 Å². The highest BCUT2D eigenvalue weighted by Gasteiger charge is 2.19. The van der Waals surface area contributed by atoms with Crippen LogP contribution in [0.15, 0.2) is 53.9 Å². The molecule has 3 aromatic rings. The summed E-state index contributed by atoms with van der Waals surface area (Å²) in [5, 5.41) is 9.25. The van der Waals surface area contributed by atoms with E-state index in [0.717, 1.165) is 53.7 Å². The Hall–Kier alpha value is -2.60. The normalized spacial score (nSPS) is 13.9. The Labute approximate surface area is 169 Å². The Morgan fingerprint density at radius 1 is 1.07 bits per heavy atom. The van der Waals surface area contributed by atoms with Gasteiger partial charge in [0.2, 0.25) is 0 Å². The van der Waals surface area contributed by atoms with Gasteiger partial charge in [-0.3, -0.25) is 9.36 Å². The van der Waals surface area contributed by atoms with E-state index in [1.54, 1.807) is 18.1 Å². The third-order valence-corrected chi connectivity index (χ3v) is 6.10. The second-order valence-electron chi connectivity index (χ2n) is 7.26. The molecule has 2 aromatic carbocycles. The van der Waals surface area contributed by atoms with Gasteiger partial charge in [-0.15, -0.1) is 10.2 Å². The van der Waals surface area contributed by atoms with Gasteiger partial charge in [0, 0.05) is 24.4 Å². The minimum absolute atomic E-state index is 0.145. The summed E-state index contributed by atoms with van der Waals surface area (Å²) >= 11 is 1.65. The van der Waals surface area contributed by atoms with E-state index in [1.807, 2.05) is 33.7 Å². The number of thioether (sulfide) groups is 1. The fraction of sp³-hybridized carbons (Fsp3) is 0.318. The SMILES string of the molecule is Cc1ccc(-n2cnnc2SCc2ccc(C(=O)N3CCCC3)cc2)c(C)c1. The summed E-state index contributed by atoms with van der Waals surface area (Å²) in [6.45, 7) is 5.96. The van der Waals surface area contributed by atoms with Crippen LogP contribution in [0.3, 0.4) is 0 Å². The van der Waals surface area contributed by atoms with Crippen LogP contribution in [0.2, 0.25) is 0 Å². The van der Waals surface area contributed by atoms with Crippen LogP contribution >= 0.6 is 11.8 Å². The highest BCUT2D eigenvalue weighted by Crippen LogP contribution is 2.25. The molecule has 1 amide bonds. The maximum absolute atomic E-state index is 12.5. The molecule has 1 saturated heterocycles. The zero-order valence-corrected chi connectivity index (χ0v) is 17.1. The molecule has 0 radical (unpaired) electrons. The second kappa shape index (κ2) is 8.19. The van der Waals surface area contributed by atoms with Gasteiger partial charge in [0.15, 0.2) is 5.16 Å². The number of nitrogens with zero attached hydrogens (tertiary/aromatic N) is 4. The lowest BCUT2D eigenvalue weighted by atomic mass is 10.1. The number of hydrogen-bond donors (Lipinski definition) is 0. The molecule has 0 aliphatic carbocycles. The molecule has 1 fully saturated rings. The molecule has 1 aliphatic heterocycles. The van der Waals surface area contributed by atoms with Crippen LogP contribution in [0.5, 0.6) is 0 Å². The van der Waals surface area contributed by atoms with Crippen molar-refractivity contribution in [3.05, 3.63) is 71.0 Å². The van der Waals surface area contributed by atoms with E-state index in [9.17, 15) is 4.79 Å². The topological polar surface area (TPSA) is 51.0 Å². The van der Waals surface area contributed by atoms with Crippen molar-refractivity contribution in [2.45, 2.75) is 37.6 Å². The largest absolute Gasteiger partial charge is 0.339 e. The fourth-order valence-electron chi connectivity index (χ4n) is 3.56. The number of hydrogen-bond acceptors (Lipinski definition) is 4. The average Bonchev–Trinajstić information content (AvgIpc) is 3.38. The molecule has 28 heavy (non-hydrogen) atoms. The first-order valence-electron chi connectivity index (χ1n) is 9.60. The predicted octanol–water partition coefficient (Wildman–Crippen LogP) is 4.41. The summed E-state index contributed by atoms with van der Waals surface area (Å²) in [6.07, 6.45) is 3.99. The molecule has 5 nitrogen and oxygen atoms in total. The van der Waals surface area contributed by atoms with E-state index in [1.165, 1.54) is 11.1 Å². The van der Waals surface area contributed by atoms with Crippen molar-refractivity contribution >= 4 is 17.7 Å². The summed E-state index contributed by atoms with van der Waals surface area (Å²) in [7, 11) is 0. The lowest BCUT2D eigenvalue weighted by molar-refractivity contribution is 0.0793. The van der Waals surface area contributed by atoms with Gasteiger partial charge in [-0.05, 0) is 56.0 Å². The Balaban J connectivity index is 1.44. The van der Waals surface area contributed by atoms with Gasteiger partial charge in [0.05, 0.1) is 5.69 Å². The average molecular weight is 393 g/mol. The van der Waals surface area contributed by atoms with Gasteiger partial charge in [-0.25, -0.2) is 0 Å². The molecular weight excluding hydrogens is 368 g/mol. The fourth-order valence-corrected chi connectivity index (χ4v) is 4.44. The minimum Gasteiger partial charge on any atom is -0.339 e. The van der Waals surface area contributed by atoms with Crippen molar-refractivity contribution < 1.29 is 4.79 Å². The molecule has 1 aromatic heterocycles. The van der Waals surface area contributed by atoms with Crippen molar-refractivity contribution in [2.24, 2.45) is 0 Å². The predicted molar refractivity (Wildman–Crippen MR) is 112 cm³/mol. The van der Waals surface area contributed by atoms with Gasteiger partial charge in [-0.1, -0.05) is 41.6 Å². The molecule has 0 N–H and O–H groups in total. The summed E-state index contributed by atoms with van der Waals surface area (Å²) in [5.41, 5.74) is 5.48. The molecule has 0 bridgehead atoms. The third kappa shape index (κ3) is 3.97. The molecule has 1 aliphatic rings. The van der Waals surface area contributed by atoms with E-state index in [-0.39, 0.29) is 5.91 Å². The van der Waals surface area contributed by atoms with Crippen molar-refractivity contribution in [1.29, 1.82) is 0 Å². The van der Waals surface area contributed by atoms with Gasteiger partial charge >= 0.3 is 0 Å². The van der Waals surface area contributed by atoms with Gasteiger partial charge in [0.1, 0.15) is 6.33 Å². The highest BCUT2D eigenvalue weighted by molar-refractivity contribution is 7.98. The number of aromatic nitrogens is 3. The molecule has 2 heterocycles. The van der Waals surface area contributed by atoms with E-state index in [4.69, 9.17) is 0 Å². The number of likely N-dealkylation sites (tertiary alicyclic amines) is 1. The monoisotopic (exact) mass is 392 g/mol. The molecule has 6 heteroatoms. The quantitative estimate of drug-likeness (QED) is 0.604. The van der Waals surface area contributed by atoms with Crippen molar-refractivity contribution in [2.75, 3.05) is 13.1 Å². The summed E-state index contributed by atoms with van der Waals surface area (Å²) in [5.74, 6) is 0.924. The number of benzene rings is 2. The molecule has 0 unspecified atom stereocenters. The summed E-state index contributed by atoms with van der Waals surface area (Å²) < 4.78 is 2.03. The molecule has 0 saturated carbocycles. The first-order chi connectivity index (χ1) is 13.6. The van der Waals surface area contributed by atoms with Crippen LogP contribution in [0.25, 0.3) is 5.69 Å². The molecule has 0 spiro atoms. The Bertz CT molecular complexity index is 974. The summed E-state index contributed by atoms with van der Waals surface area (Å²) in [6, 6.07) is 14.3. The maximum Gasteiger partial charge on any atom is 0.253 e. The first kappa shape index (κ1) is 18.7. The van der Waals surface area contributed by atoms with Crippen LogP contribution in [0, 0.1) is 13.8 Å². The van der Waals surface area contributed by atoms with Crippen LogP contribution < -0.4 is 0 Å². The Morgan fingerprint density at radius 3 is 2.54 bits per heavy atom. The van der Waals surface area contributed by atoms with Crippen molar-refractivity contribution in [3.8, 4) is 5.69 Å². The van der Waals surface area contributed by atoms with Crippen LogP contribution in [-0.2, 0) is 5.75 Å². The van der Waals surface area contributed by atoms with Crippen LogP contribution in [-0.4, -0.2) is 38.7 Å². The minimum atomic E-state index is 0.145. The lowest BCUT2D eigenvalue weighted by Crippen LogP contribution is -2.27. The zero-order chi connectivity index (χ0) is 19.5. The Kier molecular flexibility index (Phi) is 5.48. The number of aryl methyl sites for hydroxylation is 2. The third-order valence-electron chi connectivity index (χ3n) is 5.09. The molecule has 144 valence electrons. The number of carbonyl (C=O) groups excluding carboxylic acids is 1. The highest BCUT2D eigenvalue weighted by atomic mass is 32.2. The van der Waals surface area contributed by atoms with E-state index >= 15 is 0 Å². The second-order valence-corrected chi connectivity index (χ2v) is 8.20. The molecule has 0 atom stereocenters.